The number of amides is 1. The number of carbonyl (C=O) groups is 1. The number of hydrogen-bond donors (Lipinski definition) is 4. The fraction of sp³-hybridized carbons (Fsp3) is 0. The van der Waals surface area contributed by atoms with E-state index in [1.54, 1.807) is 0 Å². The van der Waals surface area contributed by atoms with E-state index in [0.29, 0.717) is 0 Å². The van der Waals surface area contributed by atoms with Crippen LogP contribution in [0, 0.1) is 16.2 Å². The van der Waals surface area contributed by atoms with Crippen LogP contribution < -0.4 is 105 Å². The SMILES string of the molecule is Nc1cc(N)c([N+](=O)[O-])cc1N=Nc1ccc(C(=O)Nc2ccc3c(O)c(N=Nc4cc[c-]cc4S(=O)(=O)[O-])c(S(=O)(=O)[O-])cc3c2)cc1.[Na+].[Na+].[Na+]. The van der Waals surface area contributed by atoms with Crippen molar-refractivity contribution >= 4 is 82.4 Å². The van der Waals surface area contributed by atoms with Crippen LogP contribution in [0.25, 0.3) is 10.8 Å². The van der Waals surface area contributed by atoms with Gasteiger partial charge in [-0.1, -0.05) is 0 Å². The average Bonchev–Trinajstić information content (AvgIpc) is 3.03. The molecule has 23 heteroatoms. The summed E-state index contributed by atoms with van der Waals surface area (Å²) in [5, 5.41) is 39.6. The average molecular weight is 773 g/mol. The van der Waals surface area contributed by atoms with E-state index in [2.05, 4.69) is 31.8 Å². The van der Waals surface area contributed by atoms with Crippen molar-refractivity contribution in [2.24, 2.45) is 20.5 Å². The predicted octanol–water partition coefficient (Wildman–Crippen LogP) is -3.68. The Morgan fingerprint density at radius 3 is 2.04 bits per heavy atom. The Morgan fingerprint density at radius 2 is 1.42 bits per heavy atom. The molecule has 0 radical (unpaired) electrons. The molecule has 52 heavy (non-hydrogen) atoms. The number of rotatable bonds is 9. The van der Waals surface area contributed by atoms with E-state index < -0.39 is 63.7 Å². The second kappa shape index (κ2) is 18.1. The Kier molecular flexibility index (Phi) is 15.6. The van der Waals surface area contributed by atoms with Crippen LogP contribution in [0.5, 0.6) is 5.75 Å². The third-order valence-electron chi connectivity index (χ3n) is 6.68. The molecular formula is C29H19N8Na3O10S2. The molecule has 0 aliphatic heterocycles. The number of nitrogens with zero attached hydrogens (tertiary/aromatic N) is 5. The molecule has 250 valence electrons. The molecule has 0 atom stereocenters. The minimum absolute atomic E-state index is 0. The molecule has 0 heterocycles. The molecular weight excluding hydrogens is 753 g/mol. The fourth-order valence-corrected chi connectivity index (χ4v) is 5.58. The van der Waals surface area contributed by atoms with Gasteiger partial charge in [0.05, 0.1) is 31.3 Å². The number of fused-ring (bicyclic) bond motifs is 1. The number of phenols is 1. The summed E-state index contributed by atoms with van der Waals surface area (Å²) in [5.74, 6) is -1.42. The molecule has 0 aromatic heterocycles. The molecule has 1 amide bonds. The number of aromatic hydroxyl groups is 1. The maximum atomic E-state index is 12.9. The van der Waals surface area contributed by atoms with Gasteiger partial charge in [-0.05, 0) is 70.6 Å². The first-order valence-corrected chi connectivity index (χ1v) is 16.1. The molecule has 0 bridgehead atoms. The summed E-state index contributed by atoms with van der Waals surface area (Å²) in [6.45, 7) is 0. The van der Waals surface area contributed by atoms with Crippen LogP contribution in [0.1, 0.15) is 10.4 Å². The molecule has 5 aromatic carbocycles. The van der Waals surface area contributed by atoms with Crippen molar-refractivity contribution in [2.75, 3.05) is 16.8 Å². The van der Waals surface area contributed by atoms with Gasteiger partial charge in [-0.3, -0.25) is 23.3 Å². The van der Waals surface area contributed by atoms with E-state index >= 15 is 0 Å². The van der Waals surface area contributed by atoms with Crippen molar-refractivity contribution in [3.05, 3.63) is 101 Å². The number of nitrogens with one attached hydrogen (secondary N) is 1. The number of anilines is 3. The van der Waals surface area contributed by atoms with Gasteiger partial charge < -0.3 is 31.0 Å². The molecule has 0 fully saturated rings. The van der Waals surface area contributed by atoms with Gasteiger partial charge in [-0.2, -0.15) is 28.4 Å². The van der Waals surface area contributed by atoms with Crippen molar-refractivity contribution in [2.45, 2.75) is 9.79 Å². The summed E-state index contributed by atoms with van der Waals surface area (Å²) in [7, 11) is -10.3. The Labute approximate surface area is 361 Å². The minimum Gasteiger partial charge on any atom is -0.754 e. The van der Waals surface area contributed by atoms with Crippen LogP contribution in [0.15, 0.2) is 109 Å². The standard InChI is InChI=1S/C29H21N8O10S2.3Na/c30-20-13-21(31)24(37(40)41)14-23(20)35-33-17-7-5-15(6-8-17)29(39)32-18-9-10-19-16(11-18)12-26(49(45,46)47)27(28(19)38)36-34-22-3-1-2-4-25(22)48(42,43)44;;;/h1,3-14,38H,30-31H2,(H,32,39)(H,42,43,44)(H,45,46,47);;;/q-1;3*+1/p-2. The quantitative estimate of drug-likeness (QED) is 0.0214. The van der Waals surface area contributed by atoms with Crippen molar-refractivity contribution < 1.29 is 129 Å². The first kappa shape index (κ1) is 44.8. The maximum Gasteiger partial charge on any atom is 1.00 e. The monoisotopic (exact) mass is 772 g/mol. The molecule has 5 rings (SSSR count). The molecule has 0 spiro atoms. The molecule has 0 unspecified atom stereocenters. The molecule has 0 aliphatic carbocycles. The van der Waals surface area contributed by atoms with Gasteiger partial charge in [0.2, 0.25) is 0 Å². The largest absolute Gasteiger partial charge is 1.00 e. The van der Waals surface area contributed by atoms with E-state index in [1.165, 1.54) is 54.6 Å². The van der Waals surface area contributed by atoms with Crippen molar-refractivity contribution in [3.8, 4) is 5.75 Å². The predicted molar refractivity (Wildman–Crippen MR) is 171 cm³/mol. The summed E-state index contributed by atoms with van der Waals surface area (Å²) in [4.78, 5) is 21.6. The van der Waals surface area contributed by atoms with Crippen LogP contribution in [0.4, 0.5) is 45.5 Å². The zero-order valence-electron chi connectivity index (χ0n) is 27.3. The Morgan fingerprint density at radius 1 is 0.788 bits per heavy atom. The van der Waals surface area contributed by atoms with Crippen molar-refractivity contribution in [1.82, 2.24) is 0 Å². The first-order valence-electron chi connectivity index (χ1n) is 13.3. The number of hydrogen-bond acceptors (Lipinski definition) is 16. The molecule has 6 N–H and O–H groups in total. The van der Waals surface area contributed by atoms with Gasteiger partial charge in [-0.25, -0.2) is 8.42 Å². The van der Waals surface area contributed by atoms with Gasteiger partial charge in [0.1, 0.15) is 27.2 Å². The van der Waals surface area contributed by atoms with Crippen LogP contribution in [-0.2, 0) is 20.2 Å². The van der Waals surface area contributed by atoms with E-state index in [4.69, 9.17) is 11.5 Å². The number of nitro groups is 1. The molecule has 0 saturated carbocycles. The number of nitrogen functional groups attached to an aromatic ring is 2. The third kappa shape index (κ3) is 10.4. The second-order valence-corrected chi connectivity index (χ2v) is 12.6. The maximum absolute atomic E-state index is 12.9. The summed E-state index contributed by atoms with van der Waals surface area (Å²) in [6.07, 6.45) is 0. The first-order chi connectivity index (χ1) is 23.0. The van der Waals surface area contributed by atoms with Crippen LogP contribution in [-0.4, -0.2) is 41.9 Å². The minimum atomic E-state index is -5.30. The van der Waals surface area contributed by atoms with E-state index in [1.807, 2.05) is 0 Å². The number of carbonyl (C=O) groups excluding carboxylic acids is 1. The van der Waals surface area contributed by atoms with Crippen molar-refractivity contribution in [3.63, 3.8) is 0 Å². The van der Waals surface area contributed by atoms with E-state index in [0.717, 1.165) is 24.3 Å². The van der Waals surface area contributed by atoms with Crippen LogP contribution in [0.3, 0.4) is 0 Å². The molecule has 0 saturated heterocycles. The van der Waals surface area contributed by atoms with Gasteiger partial charge in [0.15, 0.2) is 5.75 Å². The van der Waals surface area contributed by atoms with Crippen LogP contribution in [0.2, 0.25) is 0 Å². The second-order valence-electron chi connectivity index (χ2n) is 9.94. The zero-order chi connectivity index (χ0) is 35.7. The van der Waals surface area contributed by atoms with E-state index in [9.17, 15) is 46.0 Å². The number of azo groups is 2. The summed E-state index contributed by atoms with van der Waals surface area (Å²) in [5.41, 5.74) is 10.2. The number of benzene rings is 5. The van der Waals surface area contributed by atoms with Gasteiger partial charge >= 0.3 is 88.7 Å². The summed E-state index contributed by atoms with van der Waals surface area (Å²) >= 11 is 0. The molecule has 18 nitrogen and oxygen atoms in total. The smallest absolute Gasteiger partial charge is 0.754 e. The van der Waals surface area contributed by atoms with E-state index in [-0.39, 0.29) is 133 Å². The fourth-order valence-electron chi connectivity index (χ4n) is 4.36. The van der Waals surface area contributed by atoms with Gasteiger partial charge in [-0.15, -0.1) is 16.3 Å². The van der Waals surface area contributed by atoms with Gasteiger partial charge in [0.25, 0.3) is 11.6 Å². The normalized spacial score (nSPS) is 11.4. The number of nitrogens with two attached hydrogens (primary N) is 2. The Balaban J connectivity index is 0.00000312. The van der Waals surface area contributed by atoms with Crippen LogP contribution >= 0.6 is 0 Å². The zero-order valence-corrected chi connectivity index (χ0v) is 35.0. The van der Waals surface area contributed by atoms with Gasteiger partial charge in [0, 0.05) is 22.7 Å². The van der Waals surface area contributed by atoms with Crippen molar-refractivity contribution in [1.29, 1.82) is 0 Å². The third-order valence-corrected chi connectivity index (χ3v) is 8.40. The number of nitro benzene ring substituents is 1. The Bertz CT molecular complexity index is 2470. The Hall–Kier alpha value is -3.35. The molecule has 0 aliphatic rings. The summed E-state index contributed by atoms with van der Waals surface area (Å²) in [6, 6.07) is 18.2. The number of phenolic OH excluding ortho intramolecular Hbond substituents is 1. The topological polar surface area (TPSA) is 308 Å². The summed E-state index contributed by atoms with van der Waals surface area (Å²) < 4.78 is 71.0. The molecule has 5 aromatic rings.